The zero-order chi connectivity index (χ0) is 27.5. The Kier molecular flexibility index (Phi) is 8.32. The number of alkyl halides is 3. The Labute approximate surface area is 228 Å². The van der Waals surface area contributed by atoms with Crippen molar-refractivity contribution in [3.63, 3.8) is 0 Å². The van der Waals surface area contributed by atoms with E-state index in [0.29, 0.717) is 10.8 Å². The average Bonchev–Trinajstić information content (AvgIpc) is 3.31. The minimum atomic E-state index is -4.61. The quantitative estimate of drug-likeness (QED) is 0.198. The van der Waals surface area contributed by atoms with E-state index < -0.39 is 26.8 Å². The maximum atomic E-state index is 13.5. The summed E-state index contributed by atoms with van der Waals surface area (Å²) in [5.41, 5.74) is 0.864. The number of aryl methyl sites for hydroxylation is 1. The summed E-state index contributed by atoms with van der Waals surface area (Å²) >= 11 is 11.6. The predicted octanol–water partition coefficient (Wildman–Crippen LogP) is 8.06. The van der Waals surface area contributed by atoms with Crippen LogP contribution in [-0.2, 0) is 29.3 Å². The van der Waals surface area contributed by atoms with Gasteiger partial charge in [0.15, 0.2) is 0 Å². The molecule has 1 aromatic heterocycles. The summed E-state index contributed by atoms with van der Waals surface area (Å²) in [4.78, 5) is 4.12. The van der Waals surface area contributed by atoms with Crippen molar-refractivity contribution in [2.24, 2.45) is 4.99 Å². The highest BCUT2D eigenvalue weighted by molar-refractivity contribution is 7.89. The zero-order valence-corrected chi connectivity index (χ0v) is 22.2. The van der Waals surface area contributed by atoms with Crippen LogP contribution in [0.5, 0.6) is 0 Å². The van der Waals surface area contributed by atoms with Gasteiger partial charge in [-0.2, -0.15) is 17.5 Å². The van der Waals surface area contributed by atoms with Crippen LogP contribution in [0.15, 0.2) is 93.2 Å². The second-order valence-electron chi connectivity index (χ2n) is 8.44. The van der Waals surface area contributed by atoms with Crippen molar-refractivity contribution in [3.8, 4) is 0 Å². The fourth-order valence-corrected chi connectivity index (χ4v) is 5.30. The summed E-state index contributed by atoms with van der Waals surface area (Å²) in [5, 5.41) is -0.0145. The number of aliphatic imine (C=N–C) groups is 1. The van der Waals surface area contributed by atoms with Gasteiger partial charge in [0.25, 0.3) is 0 Å². The van der Waals surface area contributed by atoms with Crippen molar-refractivity contribution in [1.29, 1.82) is 0 Å². The molecule has 0 amide bonds. The Bertz CT molecular complexity index is 1550. The Morgan fingerprint density at radius 2 is 1.61 bits per heavy atom. The lowest BCUT2D eigenvalue weighted by Crippen LogP contribution is -2.30. The molecule has 4 rings (SSSR count). The van der Waals surface area contributed by atoms with Crippen LogP contribution in [-0.4, -0.2) is 18.9 Å². The van der Waals surface area contributed by atoms with Crippen molar-refractivity contribution < 1.29 is 26.0 Å². The van der Waals surface area contributed by atoms with Gasteiger partial charge in [0.1, 0.15) is 11.5 Å². The second kappa shape index (κ2) is 11.3. The van der Waals surface area contributed by atoms with E-state index in [1.807, 2.05) is 31.2 Å². The Morgan fingerprint density at radius 1 is 0.921 bits per heavy atom. The first-order valence-electron chi connectivity index (χ1n) is 11.2. The van der Waals surface area contributed by atoms with Gasteiger partial charge in [0, 0.05) is 11.6 Å². The van der Waals surface area contributed by atoms with Crippen LogP contribution in [0.2, 0.25) is 10.0 Å². The van der Waals surface area contributed by atoms with Crippen LogP contribution in [0.25, 0.3) is 0 Å². The van der Waals surface area contributed by atoms with Crippen LogP contribution in [0.4, 0.5) is 18.9 Å². The van der Waals surface area contributed by atoms with Gasteiger partial charge in [-0.3, -0.25) is 4.99 Å². The number of nitrogens with zero attached hydrogens (tertiary/aromatic N) is 2. The summed E-state index contributed by atoms with van der Waals surface area (Å²) < 4.78 is 73.3. The minimum absolute atomic E-state index is 0.0333. The molecule has 198 valence electrons. The first kappa shape index (κ1) is 27.9. The van der Waals surface area contributed by atoms with Gasteiger partial charge in [-0.05, 0) is 67.1 Å². The van der Waals surface area contributed by atoms with Gasteiger partial charge in [0.2, 0.25) is 10.0 Å². The highest BCUT2D eigenvalue weighted by Gasteiger charge is 2.33. The molecule has 0 fully saturated rings. The number of halogens is 5. The van der Waals surface area contributed by atoms with Crippen LogP contribution >= 0.6 is 23.2 Å². The third kappa shape index (κ3) is 6.85. The third-order valence-corrected chi connectivity index (χ3v) is 7.93. The van der Waals surface area contributed by atoms with Crippen LogP contribution in [0.1, 0.15) is 28.2 Å². The van der Waals surface area contributed by atoms with Crippen molar-refractivity contribution >= 4 is 45.1 Å². The minimum Gasteiger partial charge on any atom is -0.459 e. The standard InChI is InChI=1S/C27H21Cl2F3N2O3S/c1-18-2-4-19(5-3-18)16-34(38(35,36)24-11-6-20(28)7-12-24)17-23-10-9-22(37-23)15-33-21-8-13-26(29)25(14-21)27(30,31)32/h2-15H,16-17H2,1H3. The third-order valence-electron chi connectivity index (χ3n) is 5.54. The van der Waals surface area contributed by atoms with Crippen molar-refractivity contribution in [3.05, 3.63) is 117 Å². The molecule has 1 heterocycles. The number of furan rings is 1. The molecular formula is C27H21Cl2F3N2O3S. The van der Waals surface area contributed by atoms with E-state index >= 15 is 0 Å². The summed E-state index contributed by atoms with van der Waals surface area (Å²) in [6.45, 7) is 1.93. The zero-order valence-electron chi connectivity index (χ0n) is 19.9. The van der Waals surface area contributed by atoms with Crippen LogP contribution in [0, 0.1) is 6.92 Å². The molecule has 3 aromatic carbocycles. The molecule has 0 N–H and O–H groups in total. The average molecular weight is 581 g/mol. The molecule has 0 bridgehead atoms. The van der Waals surface area contributed by atoms with E-state index in [4.69, 9.17) is 27.6 Å². The number of rotatable bonds is 8. The van der Waals surface area contributed by atoms with Crippen LogP contribution in [0.3, 0.4) is 0 Å². The van der Waals surface area contributed by atoms with Gasteiger partial charge >= 0.3 is 6.18 Å². The molecule has 0 unspecified atom stereocenters. The topological polar surface area (TPSA) is 62.9 Å². The predicted molar refractivity (Wildman–Crippen MR) is 141 cm³/mol. The van der Waals surface area contributed by atoms with Gasteiger partial charge in [0.05, 0.1) is 33.9 Å². The molecule has 0 aliphatic carbocycles. The largest absolute Gasteiger partial charge is 0.459 e. The molecule has 0 aliphatic rings. The van der Waals surface area contributed by atoms with E-state index in [1.54, 1.807) is 12.1 Å². The SMILES string of the molecule is Cc1ccc(CN(Cc2ccc(C=Nc3ccc(Cl)c(C(F)(F)F)c3)o2)S(=O)(=O)c2ccc(Cl)cc2)cc1. The molecular weight excluding hydrogens is 560 g/mol. The highest BCUT2D eigenvalue weighted by atomic mass is 35.5. The second-order valence-corrected chi connectivity index (χ2v) is 11.2. The van der Waals surface area contributed by atoms with E-state index in [2.05, 4.69) is 4.99 Å². The molecule has 0 spiro atoms. The smallest absolute Gasteiger partial charge is 0.417 e. The van der Waals surface area contributed by atoms with Crippen molar-refractivity contribution in [2.75, 3.05) is 0 Å². The molecule has 38 heavy (non-hydrogen) atoms. The first-order valence-corrected chi connectivity index (χ1v) is 13.4. The summed E-state index contributed by atoms with van der Waals surface area (Å²) in [6, 6.07) is 19.8. The molecule has 0 saturated heterocycles. The number of benzene rings is 3. The maximum Gasteiger partial charge on any atom is 0.417 e. The Balaban J connectivity index is 1.58. The van der Waals surface area contributed by atoms with E-state index in [1.165, 1.54) is 40.9 Å². The summed E-state index contributed by atoms with van der Waals surface area (Å²) in [5.74, 6) is 0.561. The van der Waals surface area contributed by atoms with Crippen molar-refractivity contribution in [1.82, 2.24) is 4.31 Å². The molecule has 0 atom stereocenters. The lowest BCUT2D eigenvalue weighted by atomic mass is 10.1. The highest BCUT2D eigenvalue weighted by Crippen LogP contribution is 2.36. The van der Waals surface area contributed by atoms with E-state index in [9.17, 15) is 21.6 Å². The Morgan fingerprint density at radius 3 is 2.26 bits per heavy atom. The van der Waals surface area contributed by atoms with Gasteiger partial charge in [-0.15, -0.1) is 0 Å². The van der Waals surface area contributed by atoms with E-state index in [-0.39, 0.29) is 29.4 Å². The molecule has 4 aromatic rings. The van der Waals surface area contributed by atoms with Gasteiger partial charge in [-0.1, -0.05) is 53.0 Å². The maximum absolute atomic E-state index is 13.5. The molecule has 5 nitrogen and oxygen atoms in total. The fourth-order valence-electron chi connectivity index (χ4n) is 3.55. The van der Waals surface area contributed by atoms with Gasteiger partial charge in [-0.25, -0.2) is 8.42 Å². The molecule has 0 radical (unpaired) electrons. The van der Waals surface area contributed by atoms with Crippen LogP contribution < -0.4 is 0 Å². The summed E-state index contributed by atoms with van der Waals surface area (Å²) in [6.07, 6.45) is -3.36. The lowest BCUT2D eigenvalue weighted by Gasteiger charge is -2.21. The number of hydrogen-bond donors (Lipinski definition) is 0. The lowest BCUT2D eigenvalue weighted by molar-refractivity contribution is -0.137. The van der Waals surface area contributed by atoms with Crippen molar-refractivity contribution in [2.45, 2.75) is 31.1 Å². The molecule has 0 aliphatic heterocycles. The Hall–Kier alpha value is -3.11. The van der Waals surface area contributed by atoms with E-state index in [0.717, 1.165) is 23.3 Å². The number of hydrogen-bond acceptors (Lipinski definition) is 4. The number of sulfonamides is 1. The normalized spacial score (nSPS) is 12.5. The monoisotopic (exact) mass is 580 g/mol. The molecule has 0 saturated carbocycles. The summed E-state index contributed by atoms with van der Waals surface area (Å²) in [7, 11) is -3.93. The van der Waals surface area contributed by atoms with Gasteiger partial charge < -0.3 is 4.42 Å². The first-order chi connectivity index (χ1) is 17.9. The fraction of sp³-hybridized carbons (Fsp3) is 0.148. The molecule has 11 heteroatoms.